The molecule has 8 nitrogen and oxygen atoms in total. The molecule has 2 aromatic carbocycles. The van der Waals surface area contributed by atoms with Crippen molar-refractivity contribution < 1.29 is 38.0 Å². The minimum atomic E-state index is -0.844. The molecule has 0 aliphatic carbocycles. The Balaban J connectivity index is 2.36. The van der Waals surface area contributed by atoms with Crippen LogP contribution in [0.15, 0.2) is 67.3 Å². The zero-order chi connectivity index (χ0) is 29.3. The third-order valence-corrected chi connectivity index (χ3v) is 7.26. The van der Waals surface area contributed by atoms with Crippen LogP contribution in [-0.2, 0) is 19.1 Å². The topological polar surface area (TPSA) is 89.5 Å². The van der Waals surface area contributed by atoms with Crippen LogP contribution in [0.5, 0.6) is 23.0 Å². The lowest BCUT2D eigenvalue weighted by Crippen LogP contribution is -2.21. The Morgan fingerprint density at radius 2 is 1.13 bits per heavy atom. The average molecular weight is 688 g/mol. The van der Waals surface area contributed by atoms with Gasteiger partial charge in [-0.3, -0.25) is 0 Å². The predicted octanol–water partition coefficient (Wildman–Crippen LogP) is 7.85. The summed E-state index contributed by atoms with van der Waals surface area (Å²) in [5.41, 5.74) is 0.558. The lowest BCUT2D eigenvalue weighted by atomic mass is 10.3. The maximum atomic E-state index is 11.8. The molecule has 2 aromatic rings. The maximum Gasteiger partial charge on any atom is 0.336 e. The van der Waals surface area contributed by atoms with E-state index in [2.05, 4.69) is 45.0 Å². The summed E-state index contributed by atoms with van der Waals surface area (Å²) in [7, 11) is 0. The van der Waals surface area contributed by atoms with Crippen molar-refractivity contribution in [2.45, 2.75) is 63.9 Å². The van der Waals surface area contributed by atoms with Crippen molar-refractivity contribution in [2.75, 3.05) is 13.2 Å². The van der Waals surface area contributed by atoms with Gasteiger partial charge in [-0.15, -0.1) is 0 Å². The van der Waals surface area contributed by atoms with Crippen molar-refractivity contribution >= 4 is 55.6 Å². The molecule has 0 aliphatic rings. The van der Waals surface area contributed by atoms with E-state index in [4.69, 9.17) is 28.4 Å². The van der Waals surface area contributed by atoms with Crippen LogP contribution in [0.4, 0.5) is 0 Å². The van der Waals surface area contributed by atoms with Gasteiger partial charge in [-0.2, -0.15) is 0 Å². The number of halogens is 2. The van der Waals surface area contributed by atoms with Crippen LogP contribution in [0.3, 0.4) is 0 Å². The van der Waals surface area contributed by atoms with Gasteiger partial charge in [0.2, 0.25) is 12.6 Å². The summed E-state index contributed by atoms with van der Waals surface area (Å²) in [6.07, 6.45) is -1.69. The van der Waals surface area contributed by atoms with Crippen molar-refractivity contribution in [3.05, 3.63) is 57.5 Å². The Kier molecular flexibility index (Phi) is 12.7. The van der Waals surface area contributed by atoms with Crippen molar-refractivity contribution in [3.63, 3.8) is 0 Å². The summed E-state index contributed by atoms with van der Waals surface area (Å²) in [5, 5.41) is 0. The SMILES string of the molecule is C=C(C)C(=O)OC(C)Oc1ccc(Sc2ccc(OC(C)OC(=O)C(=C)C)c(Br)c2OCC)c(OCC)c1Br. The van der Waals surface area contributed by atoms with E-state index in [0.29, 0.717) is 45.2 Å². The lowest BCUT2D eigenvalue weighted by Gasteiger charge is -2.21. The fourth-order valence-corrected chi connectivity index (χ4v) is 5.35. The molecule has 0 fully saturated rings. The Labute approximate surface area is 250 Å². The van der Waals surface area contributed by atoms with Crippen LogP contribution in [-0.4, -0.2) is 37.7 Å². The molecule has 2 atom stereocenters. The van der Waals surface area contributed by atoms with Gasteiger partial charge < -0.3 is 28.4 Å². The normalized spacial score (nSPS) is 12.1. The van der Waals surface area contributed by atoms with Crippen molar-refractivity contribution in [3.8, 4) is 23.0 Å². The third-order valence-electron chi connectivity index (χ3n) is 4.68. The highest BCUT2D eigenvalue weighted by Crippen LogP contribution is 2.49. The van der Waals surface area contributed by atoms with Crippen molar-refractivity contribution in [1.29, 1.82) is 0 Å². The highest BCUT2D eigenvalue weighted by molar-refractivity contribution is 9.11. The lowest BCUT2D eigenvalue weighted by molar-refractivity contribution is -0.157. The first-order valence-electron chi connectivity index (χ1n) is 12.0. The fraction of sp³-hybridized carbons (Fsp3) is 0.357. The number of hydrogen-bond donors (Lipinski definition) is 0. The van der Waals surface area contributed by atoms with Crippen LogP contribution in [0.25, 0.3) is 0 Å². The average Bonchev–Trinajstić information content (AvgIpc) is 2.86. The maximum absolute atomic E-state index is 11.8. The van der Waals surface area contributed by atoms with E-state index < -0.39 is 24.5 Å². The summed E-state index contributed by atoms with van der Waals surface area (Å²) >= 11 is 8.56. The molecule has 11 heteroatoms. The molecule has 0 bridgehead atoms. The molecular weight excluding hydrogens is 656 g/mol. The summed E-state index contributed by atoms with van der Waals surface area (Å²) in [6, 6.07) is 7.20. The van der Waals surface area contributed by atoms with Gasteiger partial charge in [0.1, 0.15) is 20.4 Å². The van der Waals surface area contributed by atoms with E-state index in [1.54, 1.807) is 39.8 Å². The molecule has 39 heavy (non-hydrogen) atoms. The second kappa shape index (κ2) is 15.2. The fourth-order valence-electron chi connectivity index (χ4n) is 2.97. The third kappa shape index (κ3) is 9.22. The standard InChI is InChI=1S/C28H32Br2O8S/c1-9-33-25-21(13-11-19(23(25)29)35-17(7)37-27(31)15(3)4)39-22-14-12-20(24(30)26(22)34-10-2)36-18(8)38-28(32)16(5)6/h11-14,17-18H,3,5,9-10H2,1-2,4,6-8H3. The van der Waals surface area contributed by atoms with E-state index in [1.807, 2.05) is 26.0 Å². The highest BCUT2D eigenvalue weighted by Gasteiger charge is 2.22. The van der Waals surface area contributed by atoms with Gasteiger partial charge in [0.05, 0.1) is 23.0 Å². The van der Waals surface area contributed by atoms with E-state index in [-0.39, 0.29) is 11.1 Å². The molecule has 0 saturated heterocycles. The second-order valence-corrected chi connectivity index (χ2v) is 10.8. The number of rotatable bonds is 14. The van der Waals surface area contributed by atoms with Gasteiger partial charge in [0, 0.05) is 25.0 Å². The summed E-state index contributed by atoms with van der Waals surface area (Å²) < 4.78 is 35.1. The number of hydrogen-bond acceptors (Lipinski definition) is 9. The highest BCUT2D eigenvalue weighted by atomic mass is 79.9. The molecular formula is C28H32Br2O8S. The molecule has 0 aliphatic heterocycles. The molecule has 2 unspecified atom stereocenters. The van der Waals surface area contributed by atoms with Gasteiger partial charge in [-0.05, 0) is 83.8 Å². The largest absolute Gasteiger partial charge is 0.491 e. The van der Waals surface area contributed by atoms with Crippen molar-refractivity contribution in [2.24, 2.45) is 0 Å². The van der Waals surface area contributed by atoms with Crippen LogP contribution in [0.2, 0.25) is 0 Å². The van der Waals surface area contributed by atoms with E-state index in [1.165, 1.54) is 11.8 Å². The Morgan fingerprint density at radius 1 is 0.769 bits per heavy atom. The van der Waals surface area contributed by atoms with E-state index in [9.17, 15) is 9.59 Å². The summed E-state index contributed by atoms with van der Waals surface area (Å²) in [5.74, 6) is 0.910. The molecule has 212 valence electrons. The molecule has 0 spiro atoms. The summed E-state index contributed by atoms with van der Waals surface area (Å²) in [6.45, 7) is 18.1. The molecule has 0 radical (unpaired) electrons. The van der Waals surface area contributed by atoms with Crippen molar-refractivity contribution in [1.82, 2.24) is 0 Å². The van der Waals surface area contributed by atoms with Gasteiger partial charge in [-0.25, -0.2) is 9.59 Å². The quantitative estimate of drug-likeness (QED) is 0.112. The second-order valence-electron chi connectivity index (χ2n) is 8.12. The van der Waals surface area contributed by atoms with E-state index in [0.717, 1.165) is 9.79 Å². The van der Waals surface area contributed by atoms with Crippen LogP contribution < -0.4 is 18.9 Å². The van der Waals surface area contributed by atoms with Gasteiger partial charge in [0.25, 0.3) is 0 Å². The molecule has 0 heterocycles. The molecule has 2 rings (SSSR count). The van der Waals surface area contributed by atoms with E-state index >= 15 is 0 Å². The number of carbonyl (C=O) groups excluding carboxylic acids is 2. The first-order valence-corrected chi connectivity index (χ1v) is 14.4. The smallest absolute Gasteiger partial charge is 0.336 e. The first-order chi connectivity index (χ1) is 18.4. The Morgan fingerprint density at radius 3 is 1.44 bits per heavy atom. The van der Waals surface area contributed by atoms with Crippen LogP contribution in [0, 0.1) is 0 Å². The molecule has 0 saturated carbocycles. The molecule has 0 amide bonds. The number of ether oxygens (including phenoxy) is 6. The zero-order valence-corrected chi connectivity index (χ0v) is 26.7. The number of esters is 2. The summed E-state index contributed by atoms with van der Waals surface area (Å²) in [4.78, 5) is 25.2. The monoisotopic (exact) mass is 686 g/mol. The minimum absolute atomic E-state index is 0.279. The molecule has 0 aromatic heterocycles. The number of benzene rings is 2. The minimum Gasteiger partial charge on any atom is -0.491 e. The molecule has 0 N–H and O–H groups in total. The predicted molar refractivity (Wildman–Crippen MR) is 157 cm³/mol. The first kappa shape index (κ1) is 32.6. The Hall–Kier alpha value is -2.63. The number of carbonyl (C=O) groups is 2. The van der Waals surface area contributed by atoms with Gasteiger partial charge in [-0.1, -0.05) is 24.9 Å². The van der Waals surface area contributed by atoms with Gasteiger partial charge in [0.15, 0.2) is 11.5 Å². The van der Waals surface area contributed by atoms with Gasteiger partial charge >= 0.3 is 11.9 Å². The van der Waals surface area contributed by atoms with Crippen LogP contribution in [0.1, 0.15) is 41.5 Å². The van der Waals surface area contributed by atoms with Crippen LogP contribution >= 0.6 is 43.6 Å². The zero-order valence-electron chi connectivity index (χ0n) is 22.7. The Bertz CT molecular complexity index is 1140.